The number of thiocarbonyl (C=S) groups is 1. The third kappa shape index (κ3) is 5.43. The van der Waals surface area contributed by atoms with Gasteiger partial charge in [-0.2, -0.15) is 0 Å². The fourth-order valence-corrected chi connectivity index (χ4v) is 3.22. The van der Waals surface area contributed by atoms with E-state index in [0.717, 1.165) is 44.7 Å². The highest BCUT2D eigenvalue weighted by molar-refractivity contribution is 7.80. The highest BCUT2D eigenvalue weighted by Gasteiger charge is 2.13. The van der Waals surface area contributed by atoms with E-state index < -0.39 is 4.92 Å². The number of hydrogen-bond donors (Lipinski definition) is 3. The Bertz CT molecular complexity index is 836. The maximum absolute atomic E-state index is 11.1. The molecule has 0 amide bonds. The first-order valence-electron chi connectivity index (χ1n) is 8.76. The second-order valence-electron chi connectivity index (χ2n) is 6.42. The van der Waals surface area contributed by atoms with Crippen molar-refractivity contribution in [2.24, 2.45) is 5.73 Å². The molecule has 2 heterocycles. The summed E-state index contributed by atoms with van der Waals surface area (Å²) < 4.78 is 0. The second kappa shape index (κ2) is 8.85. The molecule has 142 valence electrons. The Morgan fingerprint density at radius 1 is 1.33 bits per heavy atom. The average molecular weight is 386 g/mol. The number of nitro benzene ring substituents is 1. The van der Waals surface area contributed by atoms with Crippen LogP contribution in [0.4, 0.5) is 11.5 Å². The molecule has 0 atom stereocenters. The van der Waals surface area contributed by atoms with Gasteiger partial charge in [-0.05, 0) is 49.4 Å². The van der Waals surface area contributed by atoms with Crippen LogP contribution >= 0.6 is 12.2 Å². The molecule has 8 nitrogen and oxygen atoms in total. The molecule has 0 spiro atoms. The Balaban J connectivity index is 1.93. The average Bonchev–Trinajstić information content (AvgIpc) is 2.89. The molecule has 1 aliphatic rings. The number of non-ortho nitro benzene ring substituents is 1. The zero-order valence-electron chi connectivity index (χ0n) is 14.9. The van der Waals surface area contributed by atoms with Crippen molar-refractivity contribution in [2.75, 3.05) is 31.5 Å². The van der Waals surface area contributed by atoms with E-state index in [-0.39, 0.29) is 10.8 Å². The van der Waals surface area contributed by atoms with Gasteiger partial charge in [-0.25, -0.2) is 4.98 Å². The lowest BCUT2D eigenvalue weighted by Gasteiger charge is -2.20. The third-order valence-corrected chi connectivity index (χ3v) is 4.43. The standard InChI is InChI=1S/C18H22N6O2S/c19-18(27)22-17-10-13(12-23-7-2-5-20-6-8-23)9-16(21-17)14-3-1-4-15(11-14)24(25)26/h1,3-4,9-11,20H,2,5-8,12H2,(H3,19,21,22,27). The highest BCUT2D eigenvalue weighted by Crippen LogP contribution is 2.25. The van der Waals surface area contributed by atoms with E-state index in [4.69, 9.17) is 18.0 Å². The van der Waals surface area contributed by atoms with E-state index in [2.05, 4.69) is 20.5 Å². The third-order valence-electron chi connectivity index (χ3n) is 4.33. The Labute approximate surface area is 162 Å². The van der Waals surface area contributed by atoms with Crippen LogP contribution in [-0.2, 0) is 6.54 Å². The van der Waals surface area contributed by atoms with Crippen LogP contribution in [0, 0.1) is 10.1 Å². The summed E-state index contributed by atoms with van der Waals surface area (Å²) in [6.07, 6.45) is 1.10. The van der Waals surface area contributed by atoms with Gasteiger partial charge in [0.25, 0.3) is 5.69 Å². The highest BCUT2D eigenvalue weighted by atomic mass is 32.1. The van der Waals surface area contributed by atoms with Gasteiger partial charge in [-0.1, -0.05) is 12.1 Å². The van der Waals surface area contributed by atoms with Gasteiger partial charge in [0.05, 0.1) is 10.6 Å². The lowest BCUT2D eigenvalue weighted by Crippen LogP contribution is -2.27. The molecule has 1 aliphatic heterocycles. The molecule has 9 heteroatoms. The van der Waals surface area contributed by atoms with E-state index >= 15 is 0 Å². The largest absolute Gasteiger partial charge is 0.376 e. The Morgan fingerprint density at radius 3 is 2.96 bits per heavy atom. The number of rotatable bonds is 5. The first kappa shape index (κ1) is 19.2. The van der Waals surface area contributed by atoms with Crippen molar-refractivity contribution < 1.29 is 4.92 Å². The topological polar surface area (TPSA) is 109 Å². The number of hydrogen-bond acceptors (Lipinski definition) is 6. The maximum Gasteiger partial charge on any atom is 0.270 e. The van der Waals surface area contributed by atoms with Crippen LogP contribution in [-0.4, -0.2) is 46.1 Å². The number of nitro groups is 1. The van der Waals surface area contributed by atoms with Crippen molar-refractivity contribution in [3.8, 4) is 11.3 Å². The zero-order valence-corrected chi connectivity index (χ0v) is 15.7. The molecule has 4 N–H and O–H groups in total. The summed E-state index contributed by atoms with van der Waals surface area (Å²) in [6, 6.07) is 10.3. The fourth-order valence-electron chi connectivity index (χ4n) is 3.11. The van der Waals surface area contributed by atoms with Gasteiger partial charge in [-0.3, -0.25) is 15.0 Å². The number of anilines is 1. The molecule has 0 bridgehead atoms. The van der Waals surface area contributed by atoms with Crippen LogP contribution in [0.3, 0.4) is 0 Å². The molecule has 27 heavy (non-hydrogen) atoms. The number of benzene rings is 1. The lowest BCUT2D eigenvalue weighted by atomic mass is 10.1. The van der Waals surface area contributed by atoms with E-state index in [1.807, 2.05) is 12.1 Å². The van der Waals surface area contributed by atoms with Crippen LogP contribution in [0.5, 0.6) is 0 Å². The summed E-state index contributed by atoms with van der Waals surface area (Å²) in [6.45, 7) is 4.73. The molecule has 0 radical (unpaired) electrons. The smallest absolute Gasteiger partial charge is 0.270 e. The Hall–Kier alpha value is -2.62. The van der Waals surface area contributed by atoms with E-state index in [1.54, 1.807) is 12.1 Å². The van der Waals surface area contributed by atoms with Gasteiger partial charge in [-0.15, -0.1) is 0 Å². The Kier molecular flexibility index (Phi) is 6.28. The fraction of sp³-hybridized carbons (Fsp3) is 0.333. The molecule has 1 saturated heterocycles. The van der Waals surface area contributed by atoms with Crippen LogP contribution in [0.1, 0.15) is 12.0 Å². The van der Waals surface area contributed by atoms with Crippen LogP contribution in [0.25, 0.3) is 11.3 Å². The first-order chi connectivity index (χ1) is 13.0. The minimum Gasteiger partial charge on any atom is -0.376 e. The van der Waals surface area contributed by atoms with Crippen molar-refractivity contribution in [1.82, 2.24) is 15.2 Å². The predicted molar refractivity (Wildman–Crippen MR) is 109 cm³/mol. The first-order valence-corrected chi connectivity index (χ1v) is 9.17. The molecule has 1 fully saturated rings. The van der Waals surface area contributed by atoms with Gasteiger partial charge in [0, 0.05) is 37.3 Å². The minimum absolute atomic E-state index is 0.0298. The number of nitrogens with zero attached hydrogens (tertiary/aromatic N) is 3. The Morgan fingerprint density at radius 2 is 2.19 bits per heavy atom. The van der Waals surface area contributed by atoms with E-state index in [0.29, 0.717) is 17.1 Å². The van der Waals surface area contributed by atoms with Crippen molar-refractivity contribution in [2.45, 2.75) is 13.0 Å². The minimum atomic E-state index is -0.411. The van der Waals surface area contributed by atoms with Gasteiger partial charge >= 0.3 is 0 Å². The van der Waals surface area contributed by atoms with Crippen LogP contribution in [0.15, 0.2) is 36.4 Å². The molecular weight excluding hydrogens is 364 g/mol. The van der Waals surface area contributed by atoms with E-state index in [1.165, 1.54) is 12.1 Å². The van der Waals surface area contributed by atoms with Gasteiger partial charge in [0.2, 0.25) is 0 Å². The van der Waals surface area contributed by atoms with Crippen molar-refractivity contribution in [1.29, 1.82) is 0 Å². The molecule has 2 aromatic rings. The summed E-state index contributed by atoms with van der Waals surface area (Å²) >= 11 is 4.93. The maximum atomic E-state index is 11.1. The van der Waals surface area contributed by atoms with Crippen molar-refractivity contribution in [3.05, 3.63) is 52.1 Å². The normalized spacial score (nSPS) is 15.1. The number of nitrogens with one attached hydrogen (secondary N) is 2. The van der Waals surface area contributed by atoms with Crippen molar-refractivity contribution >= 4 is 28.8 Å². The molecular formula is C18H22N6O2S. The second-order valence-corrected chi connectivity index (χ2v) is 6.86. The number of aromatic nitrogens is 1. The van der Waals surface area contributed by atoms with Gasteiger partial charge < -0.3 is 16.4 Å². The van der Waals surface area contributed by atoms with Crippen LogP contribution in [0.2, 0.25) is 0 Å². The molecule has 1 aromatic carbocycles. The zero-order chi connectivity index (χ0) is 19.2. The summed E-state index contributed by atoms with van der Waals surface area (Å²) in [5, 5.41) is 17.5. The molecule has 3 rings (SSSR count). The summed E-state index contributed by atoms with van der Waals surface area (Å²) in [4.78, 5) is 17.6. The number of pyridine rings is 1. The molecule has 1 aromatic heterocycles. The summed E-state index contributed by atoms with van der Waals surface area (Å²) in [5.41, 5.74) is 8.00. The predicted octanol–water partition coefficient (Wildman–Crippen LogP) is 2.11. The van der Waals surface area contributed by atoms with Crippen LogP contribution < -0.4 is 16.4 Å². The SMILES string of the molecule is NC(=S)Nc1cc(CN2CCCNCC2)cc(-c2cccc([N+](=O)[O-])c2)n1. The van der Waals surface area contributed by atoms with Crippen molar-refractivity contribution in [3.63, 3.8) is 0 Å². The number of nitrogens with two attached hydrogens (primary N) is 1. The molecule has 0 unspecified atom stereocenters. The molecule has 0 saturated carbocycles. The lowest BCUT2D eigenvalue weighted by molar-refractivity contribution is -0.384. The molecule has 0 aliphatic carbocycles. The van der Waals surface area contributed by atoms with Gasteiger partial charge in [0.1, 0.15) is 5.82 Å². The van der Waals surface area contributed by atoms with E-state index in [9.17, 15) is 10.1 Å². The van der Waals surface area contributed by atoms with Gasteiger partial charge in [0.15, 0.2) is 5.11 Å². The monoisotopic (exact) mass is 386 g/mol. The quantitative estimate of drug-likeness (QED) is 0.407. The summed E-state index contributed by atoms with van der Waals surface area (Å²) in [5.74, 6) is 0.537. The summed E-state index contributed by atoms with van der Waals surface area (Å²) in [7, 11) is 0.